The molecule has 66 valence electrons. The fourth-order valence-electron chi connectivity index (χ4n) is 0.757. The van der Waals surface area contributed by atoms with Crippen molar-refractivity contribution in [3.8, 4) is 0 Å². The molecule has 0 aliphatic rings. The van der Waals surface area contributed by atoms with Crippen LogP contribution in [0, 0.1) is 3.57 Å². The summed E-state index contributed by atoms with van der Waals surface area (Å²) in [6.45, 7) is 0.691. The van der Waals surface area contributed by atoms with Crippen LogP contribution >= 0.6 is 34.4 Å². The minimum atomic E-state index is -0.0176. The molecular weight excluding hydrogens is 287 g/mol. The van der Waals surface area contributed by atoms with Crippen LogP contribution < -0.4 is 5.56 Å². The molecule has 0 radical (unpaired) electrons. The molecule has 0 N–H and O–H groups in total. The first-order valence-electron chi connectivity index (χ1n) is 3.45. The van der Waals surface area contributed by atoms with Crippen LogP contribution in [0.2, 0.25) is 0 Å². The number of hydrogen-bond donors (Lipinski definition) is 0. The SMILES string of the molecule is CSCCn1ncc(I)cc1=O. The Morgan fingerprint density at radius 1 is 1.75 bits per heavy atom. The molecule has 12 heavy (non-hydrogen) atoms. The van der Waals surface area contributed by atoms with Crippen LogP contribution in [0.25, 0.3) is 0 Å². The molecule has 0 atom stereocenters. The van der Waals surface area contributed by atoms with Gasteiger partial charge in [-0.3, -0.25) is 4.79 Å². The monoisotopic (exact) mass is 296 g/mol. The van der Waals surface area contributed by atoms with Gasteiger partial charge in [0.2, 0.25) is 0 Å². The lowest BCUT2D eigenvalue weighted by molar-refractivity contribution is 0.619. The molecule has 1 heterocycles. The van der Waals surface area contributed by atoms with Crippen LogP contribution in [0.4, 0.5) is 0 Å². The second kappa shape index (κ2) is 4.86. The number of hydrogen-bond acceptors (Lipinski definition) is 3. The van der Waals surface area contributed by atoms with Gasteiger partial charge >= 0.3 is 0 Å². The lowest BCUT2D eigenvalue weighted by Gasteiger charge is -2.01. The van der Waals surface area contributed by atoms with E-state index in [-0.39, 0.29) is 5.56 Å². The van der Waals surface area contributed by atoms with Gasteiger partial charge in [0.05, 0.1) is 12.7 Å². The average Bonchev–Trinajstić information content (AvgIpc) is 2.03. The molecule has 0 aromatic carbocycles. The van der Waals surface area contributed by atoms with Crippen LogP contribution in [0.5, 0.6) is 0 Å². The number of aromatic nitrogens is 2. The Kier molecular flexibility index (Phi) is 4.07. The molecule has 1 aromatic rings. The van der Waals surface area contributed by atoms with E-state index in [0.717, 1.165) is 9.32 Å². The highest BCUT2D eigenvalue weighted by Gasteiger charge is 1.96. The van der Waals surface area contributed by atoms with Crippen LogP contribution in [-0.2, 0) is 6.54 Å². The molecule has 0 unspecified atom stereocenters. The van der Waals surface area contributed by atoms with Gasteiger partial charge in [-0.15, -0.1) is 0 Å². The zero-order chi connectivity index (χ0) is 8.97. The Bertz CT molecular complexity index is 313. The minimum absolute atomic E-state index is 0.0176. The predicted octanol–water partition coefficient (Wildman–Crippen LogP) is 1.21. The largest absolute Gasteiger partial charge is 0.268 e. The third-order valence-corrected chi connectivity index (χ3v) is 2.52. The van der Waals surface area contributed by atoms with Crippen molar-refractivity contribution in [3.05, 3.63) is 26.2 Å². The highest BCUT2D eigenvalue weighted by Crippen LogP contribution is 1.97. The van der Waals surface area contributed by atoms with E-state index in [1.807, 2.05) is 6.26 Å². The highest BCUT2D eigenvalue weighted by atomic mass is 127. The lowest BCUT2D eigenvalue weighted by Crippen LogP contribution is -2.23. The summed E-state index contributed by atoms with van der Waals surface area (Å²) in [6, 6.07) is 1.59. The molecule has 0 fully saturated rings. The molecule has 0 aliphatic heterocycles. The van der Waals surface area contributed by atoms with Crippen molar-refractivity contribution >= 4 is 34.4 Å². The molecule has 5 heteroatoms. The number of nitrogens with zero attached hydrogens (tertiary/aromatic N) is 2. The van der Waals surface area contributed by atoms with Gasteiger partial charge in [0, 0.05) is 15.4 Å². The quantitative estimate of drug-likeness (QED) is 0.787. The molecule has 3 nitrogen and oxygen atoms in total. The maximum Gasteiger partial charge on any atom is 0.267 e. The van der Waals surface area contributed by atoms with Crippen molar-refractivity contribution in [2.45, 2.75) is 6.54 Å². The summed E-state index contributed by atoms with van der Waals surface area (Å²) < 4.78 is 2.37. The van der Waals surface area contributed by atoms with E-state index in [2.05, 4.69) is 27.7 Å². The summed E-state index contributed by atoms with van der Waals surface area (Å²) in [4.78, 5) is 11.2. The first kappa shape index (κ1) is 10.0. The molecule has 0 amide bonds. The maximum atomic E-state index is 11.2. The molecule has 0 aliphatic carbocycles. The molecular formula is C7H9IN2OS. The van der Waals surface area contributed by atoms with E-state index in [9.17, 15) is 4.79 Å². The topological polar surface area (TPSA) is 34.9 Å². The lowest BCUT2D eigenvalue weighted by atomic mass is 10.6. The summed E-state index contributed by atoms with van der Waals surface area (Å²) in [5.41, 5.74) is -0.0176. The molecule has 0 spiro atoms. The van der Waals surface area contributed by atoms with E-state index in [0.29, 0.717) is 6.54 Å². The third-order valence-electron chi connectivity index (χ3n) is 1.34. The van der Waals surface area contributed by atoms with E-state index < -0.39 is 0 Å². The number of aryl methyl sites for hydroxylation is 1. The van der Waals surface area contributed by atoms with Crippen molar-refractivity contribution in [2.24, 2.45) is 0 Å². The van der Waals surface area contributed by atoms with Crippen LogP contribution in [0.3, 0.4) is 0 Å². The molecule has 0 bridgehead atoms. The predicted molar refractivity (Wildman–Crippen MR) is 59.6 cm³/mol. The van der Waals surface area contributed by atoms with Gasteiger partial charge in [0.1, 0.15) is 0 Å². The number of thioether (sulfide) groups is 1. The fourth-order valence-corrected chi connectivity index (χ4v) is 1.50. The van der Waals surface area contributed by atoms with E-state index in [1.54, 1.807) is 24.0 Å². The third kappa shape index (κ3) is 2.78. The summed E-state index contributed by atoms with van der Waals surface area (Å²) in [5, 5.41) is 4.00. The van der Waals surface area contributed by atoms with Crippen molar-refractivity contribution < 1.29 is 0 Å². The Balaban J connectivity index is 2.80. The summed E-state index contributed by atoms with van der Waals surface area (Å²) >= 11 is 3.79. The van der Waals surface area contributed by atoms with Gasteiger partial charge in [-0.05, 0) is 28.8 Å². The van der Waals surface area contributed by atoms with E-state index >= 15 is 0 Å². The van der Waals surface area contributed by atoms with E-state index in [4.69, 9.17) is 0 Å². The zero-order valence-corrected chi connectivity index (χ0v) is 9.63. The first-order valence-corrected chi connectivity index (χ1v) is 5.93. The summed E-state index contributed by atoms with van der Waals surface area (Å²) in [5.74, 6) is 0.924. The number of rotatable bonds is 3. The first-order chi connectivity index (χ1) is 5.74. The normalized spacial score (nSPS) is 10.2. The molecule has 1 aromatic heterocycles. The molecule has 0 saturated carbocycles. The van der Waals surface area contributed by atoms with Crippen molar-refractivity contribution in [1.82, 2.24) is 9.78 Å². The van der Waals surface area contributed by atoms with Gasteiger partial charge in [0.25, 0.3) is 5.56 Å². The maximum absolute atomic E-state index is 11.2. The standard InChI is InChI=1S/C7H9IN2OS/c1-12-3-2-10-7(11)4-6(8)5-9-10/h4-5H,2-3H2,1H3. The van der Waals surface area contributed by atoms with Crippen LogP contribution in [0.1, 0.15) is 0 Å². The van der Waals surface area contributed by atoms with E-state index in [1.165, 1.54) is 4.68 Å². The number of halogens is 1. The van der Waals surface area contributed by atoms with Gasteiger partial charge in [-0.25, -0.2) is 4.68 Å². The Labute approximate surface area is 88.7 Å². The van der Waals surface area contributed by atoms with Crippen molar-refractivity contribution in [3.63, 3.8) is 0 Å². The molecule has 1 rings (SSSR count). The van der Waals surface area contributed by atoms with Gasteiger partial charge in [0.15, 0.2) is 0 Å². The Morgan fingerprint density at radius 2 is 2.50 bits per heavy atom. The van der Waals surface area contributed by atoms with Gasteiger partial charge < -0.3 is 0 Å². The Morgan fingerprint density at radius 3 is 3.08 bits per heavy atom. The molecule has 0 saturated heterocycles. The second-order valence-electron chi connectivity index (χ2n) is 2.23. The van der Waals surface area contributed by atoms with Crippen molar-refractivity contribution in [1.29, 1.82) is 0 Å². The van der Waals surface area contributed by atoms with Gasteiger partial charge in [-0.2, -0.15) is 16.9 Å². The summed E-state index contributed by atoms with van der Waals surface area (Å²) in [7, 11) is 0. The zero-order valence-electron chi connectivity index (χ0n) is 6.66. The summed E-state index contributed by atoms with van der Waals surface area (Å²) in [6.07, 6.45) is 3.71. The second-order valence-corrected chi connectivity index (χ2v) is 4.46. The smallest absolute Gasteiger partial charge is 0.267 e. The van der Waals surface area contributed by atoms with Crippen LogP contribution in [-0.4, -0.2) is 21.8 Å². The van der Waals surface area contributed by atoms with Crippen molar-refractivity contribution in [2.75, 3.05) is 12.0 Å². The Hall–Kier alpha value is -0.0400. The average molecular weight is 296 g/mol. The minimum Gasteiger partial charge on any atom is -0.268 e. The fraction of sp³-hybridized carbons (Fsp3) is 0.429. The van der Waals surface area contributed by atoms with Crippen LogP contribution in [0.15, 0.2) is 17.1 Å². The van der Waals surface area contributed by atoms with Gasteiger partial charge in [-0.1, -0.05) is 0 Å². The highest BCUT2D eigenvalue weighted by molar-refractivity contribution is 14.1.